The first-order chi connectivity index (χ1) is 8.78. The maximum atomic E-state index is 11.9. The Morgan fingerprint density at radius 2 is 2.00 bits per heavy atom. The van der Waals surface area contributed by atoms with Gasteiger partial charge in [-0.05, 0) is 18.4 Å². The number of amides is 2. The minimum atomic E-state index is -0.208. The maximum absolute atomic E-state index is 11.9. The summed E-state index contributed by atoms with van der Waals surface area (Å²) in [5.41, 5.74) is 0.968. The van der Waals surface area contributed by atoms with Crippen LogP contribution in [-0.2, 0) is 5.54 Å². The number of anilines is 1. The zero-order chi connectivity index (χ0) is 12.4. The van der Waals surface area contributed by atoms with Crippen LogP contribution in [0.15, 0.2) is 42.6 Å². The lowest BCUT2D eigenvalue weighted by Gasteiger charge is -2.17. The lowest BCUT2D eigenvalue weighted by molar-refractivity contribution is 0.247. The molecule has 1 aromatic carbocycles. The van der Waals surface area contributed by atoms with E-state index < -0.39 is 0 Å². The van der Waals surface area contributed by atoms with E-state index in [4.69, 9.17) is 0 Å². The molecule has 1 aliphatic carbocycles. The number of rotatable bonds is 3. The number of H-pyrrole nitrogens is 1. The Morgan fingerprint density at radius 3 is 2.61 bits per heavy atom. The van der Waals surface area contributed by atoms with Crippen molar-refractivity contribution in [3.63, 3.8) is 0 Å². The quantitative estimate of drug-likeness (QED) is 0.772. The Balaban J connectivity index is 1.68. The molecule has 0 saturated heterocycles. The van der Waals surface area contributed by atoms with E-state index >= 15 is 0 Å². The Bertz CT molecular complexity index is 531. The fourth-order valence-corrected chi connectivity index (χ4v) is 2.06. The number of aromatic nitrogens is 2. The van der Waals surface area contributed by atoms with Crippen LogP contribution >= 0.6 is 0 Å². The highest BCUT2D eigenvalue weighted by atomic mass is 16.2. The molecule has 1 saturated carbocycles. The third-order valence-corrected chi connectivity index (χ3v) is 3.18. The second-order valence-corrected chi connectivity index (χ2v) is 4.50. The Labute approximate surface area is 105 Å². The van der Waals surface area contributed by atoms with Crippen molar-refractivity contribution < 1.29 is 4.79 Å². The van der Waals surface area contributed by atoms with Gasteiger partial charge in [0, 0.05) is 6.07 Å². The van der Waals surface area contributed by atoms with Crippen LogP contribution in [0.4, 0.5) is 10.6 Å². The molecule has 0 atom stereocenters. The highest BCUT2D eigenvalue weighted by Gasteiger charge is 2.45. The van der Waals surface area contributed by atoms with Gasteiger partial charge in [0.2, 0.25) is 0 Å². The van der Waals surface area contributed by atoms with Crippen molar-refractivity contribution in [2.45, 2.75) is 18.4 Å². The van der Waals surface area contributed by atoms with Crippen molar-refractivity contribution in [3.8, 4) is 0 Å². The van der Waals surface area contributed by atoms with Crippen LogP contribution in [0.1, 0.15) is 18.4 Å². The number of hydrogen-bond donors (Lipinski definition) is 3. The summed E-state index contributed by atoms with van der Waals surface area (Å²) in [6, 6.07) is 11.5. The van der Waals surface area contributed by atoms with E-state index in [1.165, 1.54) is 0 Å². The van der Waals surface area contributed by atoms with E-state index in [1.54, 1.807) is 12.3 Å². The first-order valence-corrected chi connectivity index (χ1v) is 5.93. The Hall–Kier alpha value is -2.30. The van der Waals surface area contributed by atoms with Crippen molar-refractivity contribution in [2.24, 2.45) is 0 Å². The molecule has 5 heteroatoms. The summed E-state index contributed by atoms with van der Waals surface area (Å²) in [6.45, 7) is 0. The van der Waals surface area contributed by atoms with Gasteiger partial charge in [0.25, 0.3) is 0 Å². The van der Waals surface area contributed by atoms with Crippen molar-refractivity contribution in [2.75, 3.05) is 5.32 Å². The van der Waals surface area contributed by atoms with Gasteiger partial charge in [-0.15, -0.1) is 0 Å². The van der Waals surface area contributed by atoms with Crippen molar-refractivity contribution in [3.05, 3.63) is 48.2 Å². The monoisotopic (exact) mass is 242 g/mol. The van der Waals surface area contributed by atoms with Crippen LogP contribution in [0.2, 0.25) is 0 Å². The third kappa shape index (κ3) is 2.07. The number of urea groups is 1. The van der Waals surface area contributed by atoms with Crippen LogP contribution in [0.5, 0.6) is 0 Å². The molecule has 18 heavy (non-hydrogen) atoms. The number of hydrogen-bond acceptors (Lipinski definition) is 2. The molecule has 5 nitrogen and oxygen atoms in total. The van der Waals surface area contributed by atoms with Crippen molar-refractivity contribution in [1.29, 1.82) is 0 Å². The summed E-state index contributed by atoms with van der Waals surface area (Å²) < 4.78 is 0. The molecule has 1 heterocycles. The van der Waals surface area contributed by atoms with Gasteiger partial charge in [-0.25, -0.2) is 4.79 Å². The van der Waals surface area contributed by atoms with Crippen LogP contribution in [-0.4, -0.2) is 16.2 Å². The molecule has 3 N–H and O–H groups in total. The summed E-state index contributed by atoms with van der Waals surface area (Å²) in [5, 5.41) is 12.2. The average molecular weight is 242 g/mol. The molecule has 0 bridgehead atoms. The van der Waals surface area contributed by atoms with Gasteiger partial charge < -0.3 is 5.32 Å². The highest BCUT2D eigenvalue weighted by Crippen LogP contribution is 2.45. The zero-order valence-electron chi connectivity index (χ0n) is 9.81. The number of benzene rings is 1. The number of carbonyl (C=O) groups excluding carboxylic acids is 1. The van der Waals surface area contributed by atoms with Gasteiger partial charge in [-0.3, -0.25) is 10.4 Å². The molecular formula is C13H14N4O. The Morgan fingerprint density at radius 1 is 1.22 bits per heavy atom. The molecule has 0 radical (unpaired) electrons. The lowest BCUT2D eigenvalue weighted by atomic mass is 10.1. The minimum Gasteiger partial charge on any atom is -0.328 e. The van der Waals surface area contributed by atoms with Crippen LogP contribution in [0.25, 0.3) is 0 Å². The summed E-state index contributed by atoms with van der Waals surface area (Å²) in [6.07, 6.45) is 3.56. The molecule has 3 rings (SSSR count). The highest BCUT2D eigenvalue weighted by molar-refractivity contribution is 5.89. The largest absolute Gasteiger partial charge is 0.328 e. The molecule has 1 aliphatic rings. The van der Waals surface area contributed by atoms with Crippen LogP contribution in [0.3, 0.4) is 0 Å². The second-order valence-electron chi connectivity index (χ2n) is 4.50. The second kappa shape index (κ2) is 4.18. The van der Waals surface area contributed by atoms with Gasteiger partial charge in [0.15, 0.2) is 0 Å². The predicted octanol–water partition coefficient (Wildman–Crippen LogP) is 2.22. The average Bonchev–Trinajstić information content (AvgIpc) is 2.98. The molecule has 0 unspecified atom stereocenters. The van der Waals surface area contributed by atoms with E-state index in [9.17, 15) is 4.79 Å². The van der Waals surface area contributed by atoms with E-state index in [-0.39, 0.29) is 11.6 Å². The minimum absolute atomic E-state index is 0.189. The predicted molar refractivity (Wildman–Crippen MR) is 68.1 cm³/mol. The van der Waals surface area contributed by atoms with Gasteiger partial charge in [0.05, 0.1) is 11.7 Å². The van der Waals surface area contributed by atoms with E-state index in [0.717, 1.165) is 18.4 Å². The first-order valence-electron chi connectivity index (χ1n) is 5.93. The van der Waals surface area contributed by atoms with Gasteiger partial charge in [0.1, 0.15) is 5.82 Å². The summed E-state index contributed by atoms with van der Waals surface area (Å²) in [4.78, 5) is 11.9. The normalized spacial score (nSPS) is 16.0. The molecule has 2 amide bonds. The molecule has 0 aliphatic heterocycles. The van der Waals surface area contributed by atoms with Gasteiger partial charge in [-0.2, -0.15) is 5.10 Å². The standard InChI is InChI=1S/C13H14N4O/c18-12(15-11-6-9-14-17-11)16-13(7-8-13)10-4-2-1-3-5-10/h1-6,9H,7-8H2,(H3,14,15,16,17,18). The molecule has 1 aromatic heterocycles. The van der Waals surface area contributed by atoms with Crippen molar-refractivity contribution >= 4 is 11.8 Å². The molecule has 1 fully saturated rings. The lowest BCUT2D eigenvalue weighted by Crippen LogP contribution is -2.38. The van der Waals surface area contributed by atoms with Gasteiger partial charge >= 0.3 is 6.03 Å². The van der Waals surface area contributed by atoms with E-state index in [0.29, 0.717) is 5.82 Å². The third-order valence-electron chi connectivity index (χ3n) is 3.18. The van der Waals surface area contributed by atoms with Crippen LogP contribution in [0, 0.1) is 0 Å². The van der Waals surface area contributed by atoms with Crippen molar-refractivity contribution in [1.82, 2.24) is 15.5 Å². The summed E-state index contributed by atoms with van der Waals surface area (Å²) >= 11 is 0. The number of carbonyl (C=O) groups is 1. The summed E-state index contributed by atoms with van der Waals surface area (Å²) in [5.74, 6) is 0.594. The molecule has 2 aromatic rings. The fraction of sp³-hybridized carbons (Fsp3) is 0.231. The van der Waals surface area contributed by atoms with E-state index in [2.05, 4.69) is 20.8 Å². The zero-order valence-corrected chi connectivity index (χ0v) is 9.81. The van der Waals surface area contributed by atoms with Crippen LogP contribution < -0.4 is 10.6 Å². The Kier molecular flexibility index (Phi) is 2.51. The topological polar surface area (TPSA) is 69.8 Å². The number of aromatic amines is 1. The van der Waals surface area contributed by atoms with Gasteiger partial charge in [-0.1, -0.05) is 30.3 Å². The smallest absolute Gasteiger partial charge is 0.321 e. The molecule has 0 spiro atoms. The molecule has 92 valence electrons. The maximum Gasteiger partial charge on any atom is 0.321 e. The van der Waals surface area contributed by atoms with E-state index in [1.807, 2.05) is 30.3 Å². The summed E-state index contributed by atoms with van der Waals surface area (Å²) in [7, 11) is 0. The molecular weight excluding hydrogens is 228 g/mol. The number of nitrogens with one attached hydrogen (secondary N) is 3. The SMILES string of the molecule is O=C(Nc1ccn[nH]1)NC1(c2ccccc2)CC1. The first kappa shape index (κ1) is 10.8. The fourth-order valence-electron chi connectivity index (χ4n) is 2.06. The number of nitrogens with zero attached hydrogens (tertiary/aromatic N) is 1.